The Balaban J connectivity index is 0. The largest absolute Gasteiger partial charge is 0.481 e. The monoisotopic (exact) mass is 445 g/mol. The van der Waals surface area contributed by atoms with Crippen LogP contribution in [0, 0.1) is 0 Å². The molecule has 0 heterocycles. The Bertz CT molecular complexity index is 641. The molecule has 0 bridgehead atoms. The van der Waals surface area contributed by atoms with E-state index in [9.17, 15) is 9.59 Å². The van der Waals surface area contributed by atoms with Crippen LogP contribution in [0.3, 0.4) is 0 Å². The third-order valence-corrected chi connectivity index (χ3v) is 3.58. The average molecular weight is 446 g/mol. The minimum atomic E-state index is -0.833. The van der Waals surface area contributed by atoms with Crippen LogP contribution in [0.25, 0.3) is 0 Å². The summed E-state index contributed by atoms with van der Waals surface area (Å²) in [7, 11) is 0. The van der Waals surface area contributed by atoms with E-state index in [1.165, 1.54) is 5.56 Å². The normalized spacial score (nSPS) is 11.1. The lowest BCUT2D eigenvalue weighted by Gasteiger charge is -2.23. The Morgan fingerprint density at radius 1 is 1.13 bits per heavy atom. The van der Waals surface area contributed by atoms with E-state index in [0.717, 1.165) is 26.2 Å². The first-order chi connectivity index (χ1) is 13.5. The Morgan fingerprint density at radius 3 is 2.10 bits per heavy atom. The highest BCUT2D eigenvalue weighted by Crippen LogP contribution is 2.13. The van der Waals surface area contributed by atoms with Crippen LogP contribution in [0.4, 0.5) is 10.5 Å². The summed E-state index contributed by atoms with van der Waals surface area (Å²) in [4.78, 5) is 33.6. The molecule has 5 N–H and O–H groups in total. The van der Waals surface area contributed by atoms with Gasteiger partial charge in [0.1, 0.15) is 11.6 Å². The standard InChI is InChI=1S/C19H31N3O3.C2H4O2.ClH/c1-5-14-9-11-15(12-10-14)21-17(23)16(8-6-7-13-20)22-18(24)25-19(2,3)4;1-2(3)4;/h9-12,16H,5-8,13,20H2,1-4H3,(H,21,23)(H,22,24);1H3,(H,3,4);1H/t16-;;/m0../s1. The van der Waals surface area contributed by atoms with E-state index in [-0.39, 0.29) is 18.3 Å². The van der Waals surface area contributed by atoms with E-state index in [1.54, 1.807) is 20.8 Å². The number of carboxylic acids is 1. The first-order valence-electron chi connectivity index (χ1n) is 9.77. The van der Waals surface area contributed by atoms with E-state index in [1.807, 2.05) is 24.3 Å². The van der Waals surface area contributed by atoms with Gasteiger partial charge in [0.2, 0.25) is 5.91 Å². The van der Waals surface area contributed by atoms with Gasteiger partial charge in [-0.1, -0.05) is 19.1 Å². The van der Waals surface area contributed by atoms with Gasteiger partial charge in [0.25, 0.3) is 5.97 Å². The van der Waals surface area contributed by atoms with Crippen LogP contribution in [0.15, 0.2) is 24.3 Å². The maximum absolute atomic E-state index is 12.5. The van der Waals surface area contributed by atoms with Gasteiger partial charge >= 0.3 is 6.09 Å². The van der Waals surface area contributed by atoms with Crippen molar-refractivity contribution in [3.63, 3.8) is 0 Å². The number of ether oxygens (including phenoxy) is 1. The molecule has 0 saturated carbocycles. The number of benzene rings is 1. The van der Waals surface area contributed by atoms with Gasteiger partial charge in [-0.2, -0.15) is 0 Å². The number of alkyl carbamates (subject to hydrolysis) is 1. The SMILES string of the molecule is CC(=O)O.CCc1ccc(NC(=O)[C@H](CCCCN)NC(=O)OC(C)(C)C)cc1.Cl. The van der Waals surface area contributed by atoms with Crippen LogP contribution < -0.4 is 16.4 Å². The number of nitrogens with one attached hydrogen (secondary N) is 2. The predicted molar refractivity (Wildman–Crippen MR) is 121 cm³/mol. The Hall–Kier alpha value is -2.32. The molecule has 9 heteroatoms. The lowest BCUT2D eigenvalue weighted by atomic mass is 10.1. The number of carbonyl (C=O) groups is 3. The molecular weight excluding hydrogens is 410 g/mol. The lowest BCUT2D eigenvalue weighted by Crippen LogP contribution is -2.45. The van der Waals surface area contributed by atoms with Crippen molar-refractivity contribution in [3.05, 3.63) is 29.8 Å². The number of aryl methyl sites for hydroxylation is 1. The summed E-state index contributed by atoms with van der Waals surface area (Å²) in [5.41, 5.74) is 6.80. The number of carbonyl (C=O) groups excluding carboxylic acids is 2. The highest BCUT2D eigenvalue weighted by molar-refractivity contribution is 5.96. The van der Waals surface area contributed by atoms with E-state index in [2.05, 4.69) is 17.6 Å². The van der Waals surface area contributed by atoms with Gasteiger partial charge in [0.05, 0.1) is 0 Å². The summed E-state index contributed by atoms with van der Waals surface area (Å²) in [6.45, 7) is 9.06. The molecular formula is C21H36ClN3O5. The molecule has 0 aliphatic heterocycles. The first kappa shape index (κ1) is 29.9. The number of amides is 2. The number of halogens is 1. The Kier molecular flexibility index (Phi) is 15.4. The zero-order valence-corrected chi connectivity index (χ0v) is 19.3. The van der Waals surface area contributed by atoms with Crippen molar-refractivity contribution in [1.82, 2.24) is 5.32 Å². The van der Waals surface area contributed by atoms with E-state index in [4.69, 9.17) is 20.4 Å². The molecule has 0 saturated heterocycles. The quantitative estimate of drug-likeness (QED) is 0.451. The van der Waals surface area contributed by atoms with E-state index < -0.39 is 23.7 Å². The highest BCUT2D eigenvalue weighted by Gasteiger charge is 2.24. The topological polar surface area (TPSA) is 131 Å². The van der Waals surface area contributed by atoms with Crippen LogP contribution in [-0.2, 0) is 20.7 Å². The smallest absolute Gasteiger partial charge is 0.408 e. The molecule has 0 fully saturated rings. The fourth-order valence-corrected chi connectivity index (χ4v) is 2.26. The second-order valence-electron chi connectivity index (χ2n) is 7.54. The van der Waals surface area contributed by atoms with Crippen LogP contribution in [0.2, 0.25) is 0 Å². The fourth-order valence-electron chi connectivity index (χ4n) is 2.26. The molecule has 1 atom stereocenters. The van der Waals surface area contributed by atoms with Gasteiger partial charge in [-0.25, -0.2) is 4.79 Å². The van der Waals surface area contributed by atoms with Crippen molar-refractivity contribution in [2.24, 2.45) is 5.73 Å². The minimum absolute atomic E-state index is 0. The van der Waals surface area contributed by atoms with Crippen molar-refractivity contribution in [3.8, 4) is 0 Å². The van der Waals surface area contributed by atoms with Crippen molar-refractivity contribution < 1.29 is 24.2 Å². The van der Waals surface area contributed by atoms with Crippen LogP contribution in [-0.4, -0.2) is 41.3 Å². The Morgan fingerprint density at radius 2 is 1.67 bits per heavy atom. The number of aliphatic carboxylic acids is 1. The van der Waals surface area contributed by atoms with Crippen LogP contribution >= 0.6 is 12.4 Å². The summed E-state index contributed by atoms with van der Waals surface area (Å²) < 4.78 is 5.25. The van der Waals surface area contributed by atoms with Crippen molar-refractivity contribution in [2.45, 2.75) is 71.9 Å². The molecule has 1 aromatic rings. The summed E-state index contributed by atoms with van der Waals surface area (Å²) >= 11 is 0. The predicted octanol–water partition coefficient (Wildman–Crippen LogP) is 3.72. The van der Waals surface area contributed by atoms with Crippen molar-refractivity contribution >= 4 is 36.1 Å². The first-order valence-corrected chi connectivity index (χ1v) is 9.77. The molecule has 1 aromatic carbocycles. The summed E-state index contributed by atoms with van der Waals surface area (Å²) in [6, 6.07) is 7.01. The molecule has 0 aliphatic carbocycles. The van der Waals surface area contributed by atoms with Gasteiger partial charge in [0, 0.05) is 12.6 Å². The molecule has 1 rings (SSSR count). The van der Waals surface area contributed by atoms with Crippen LogP contribution in [0.5, 0.6) is 0 Å². The second kappa shape index (κ2) is 15.5. The van der Waals surface area contributed by atoms with Gasteiger partial charge < -0.3 is 26.2 Å². The number of carboxylic acid groups (broad SMARTS) is 1. The summed E-state index contributed by atoms with van der Waals surface area (Å²) in [5.74, 6) is -1.09. The molecule has 0 aliphatic rings. The van der Waals surface area contributed by atoms with Crippen molar-refractivity contribution in [1.29, 1.82) is 0 Å². The highest BCUT2D eigenvalue weighted by atomic mass is 35.5. The van der Waals surface area contributed by atoms with Gasteiger partial charge in [-0.05, 0) is 70.7 Å². The molecule has 0 unspecified atom stereocenters. The number of unbranched alkanes of at least 4 members (excludes halogenated alkanes) is 1. The van der Waals surface area contributed by atoms with E-state index in [0.29, 0.717) is 18.7 Å². The number of hydrogen-bond donors (Lipinski definition) is 4. The molecule has 30 heavy (non-hydrogen) atoms. The zero-order chi connectivity index (χ0) is 22.4. The zero-order valence-electron chi connectivity index (χ0n) is 18.5. The number of hydrogen-bond acceptors (Lipinski definition) is 5. The lowest BCUT2D eigenvalue weighted by molar-refractivity contribution is -0.134. The third-order valence-electron chi connectivity index (χ3n) is 3.58. The molecule has 0 aromatic heterocycles. The molecule has 8 nitrogen and oxygen atoms in total. The number of anilines is 1. The number of rotatable bonds is 8. The van der Waals surface area contributed by atoms with Gasteiger partial charge in [0.15, 0.2) is 0 Å². The number of nitrogens with two attached hydrogens (primary N) is 1. The average Bonchev–Trinajstić information content (AvgIpc) is 2.59. The second-order valence-corrected chi connectivity index (χ2v) is 7.54. The summed E-state index contributed by atoms with van der Waals surface area (Å²) in [5, 5.41) is 12.9. The van der Waals surface area contributed by atoms with Gasteiger partial charge in [-0.3, -0.25) is 9.59 Å². The maximum atomic E-state index is 12.5. The van der Waals surface area contributed by atoms with Crippen molar-refractivity contribution in [2.75, 3.05) is 11.9 Å². The minimum Gasteiger partial charge on any atom is -0.481 e. The third kappa shape index (κ3) is 15.6. The van der Waals surface area contributed by atoms with E-state index >= 15 is 0 Å². The molecule has 0 spiro atoms. The molecule has 0 radical (unpaired) electrons. The molecule has 2 amide bonds. The van der Waals surface area contributed by atoms with Crippen LogP contribution in [0.1, 0.15) is 59.4 Å². The fraction of sp³-hybridized carbons (Fsp3) is 0.571. The molecule has 172 valence electrons. The Labute approximate surface area is 185 Å². The maximum Gasteiger partial charge on any atom is 0.408 e. The summed E-state index contributed by atoms with van der Waals surface area (Å²) in [6.07, 6.45) is 2.40. The van der Waals surface area contributed by atoms with Gasteiger partial charge in [-0.15, -0.1) is 12.4 Å².